The van der Waals surface area contributed by atoms with Crippen LogP contribution in [-0.4, -0.2) is 52.9 Å². The molecule has 7 heteroatoms. The van der Waals surface area contributed by atoms with E-state index < -0.39 is 0 Å². The Morgan fingerprint density at radius 1 is 1.17 bits per heavy atom. The molecule has 0 saturated carbocycles. The van der Waals surface area contributed by atoms with E-state index in [1.54, 1.807) is 24.4 Å². The summed E-state index contributed by atoms with van der Waals surface area (Å²) in [5.41, 5.74) is 3.04. The van der Waals surface area contributed by atoms with E-state index in [-0.39, 0.29) is 17.7 Å². The van der Waals surface area contributed by atoms with Crippen molar-refractivity contribution < 1.29 is 9.59 Å². The zero-order chi connectivity index (χ0) is 21.0. The number of nitrogens with zero attached hydrogens (tertiary/aromatic N) is 4. The molecule has 2 aromatic rings. The van der Waals surface area contributed by atoms with Gasteiger partial charge in [0.2, 0.25) is 5.91 Å². The van der Waals surface area contributed by atoms with Crippen LogP contribution < -0.4 is 10.2 Å². The SMILES string of the molecule is CCC(C)C(=O)Nc1cccc(C(=O)N2CCN(c3nc(C)cnc3C)CC2)c1. The number of benzene rings is 1. The minimum atomic E-state index is -0.0596. The second kappa shape index (κ2) is 9.03. The van der Waals surface area contributed by atoms with Gasteiger partial charge in [0.15, 0.2) is 0 Å². The van der Waals surface area contributed by atoms with Gasteiger partial charge in [-0.1, -0.05) is 19.9 Å². The van der Waals surface area contributed by atoms with Crippen molar-refractivity contribution in [3.63, 3.8) is 0 Å². The van der Waals surface area contributed by atoms with Gasteiger partial charge in [-0.3, -0.25) is 14.6 Å². The molecule has 1 fully saturated rings. The Labute approximate surface area is 172 Å². The molecule has 2 amide bonds. The van der Waals surface area contributed by atoms with Crippen molar-refractivity contribution >= 4 is 23.3 Å². The number of carbonyl (C=O) groups is 2. The summed E-state index contributed by atoms with van der Waals surface area (Å²) in [5.74, 6) is 0.791. The summed E-state index contributed by atoms with van der Waals surface area (Å²) in [5, 5.41) is 2.90. The van der Waals surface area contributed by atoms with Crippen molar-refractivity contribution in [3.8, 4) is 0 Å². The number of anilines is 2. The summed E-state index contributed by atoms with van der Waals surface area (Å²) in [7, 11) is 0. The second-order valence-electron chi connectivity index (χ2n) is 7.58. The Balaban J connectivity index is 1.64. The summed E-state index contributed by atoms with van der Waals surface area (Å²) in [6, 6.07) is 7.17. The highest BCUT2D eigenvalue weighted by atomic mass is 16.2. The van der Waals surface area contributed by atoms with Gasteiger partial charge in [0.25, 0.3) is 5.91 Å². The smallest absolute Gasteiger partial charge is 0.254 e. The van der Waals surface area contributed by atoms with Gasteiger partial charge in [-0.05, 0) is 38.5 Å². The molecule has 154 valence electrons. The van der Waals surface area contributed by atoms with Crippen molar-refractivity contribution in [2.24, 2.45) is 5.92 Å². The number of hydrogen-bond donors (Lipinski definition) is 1. The van der Waals surface area contributed by atoms with Gasteiger partial charge >= 0.3 is 0 Å². The molecule has 3 rings (SSSR count). The molecule has 1 saturated heterocycles. The van der Waals surface area contributed by atoms with Crippen LogP contribution in [0.2, 0.25) is 0 Å². The van der Waals surface area contributed by atoms with Crippen LogP contribution in [0, 0.1) is 19.8 Å². The molecule has 2 heterocycles. The van der Waals surface area contributed by atoms with Gasteiger partial charge in [0.05, 0.1) is 11.4 Å². The van der Waals surface area contributed by atoms with Crippen molar-refractivity contribution in [2.75, 3.05) is 36.4 Å². The van der Waals surface area contributed by atoms with Crippen LogP contribution in [0.15, 0.2) is 30.5 Å². The lowest BCUT2D eigenvalue weighted by Gasteiger charge is -2.36. The molecule has 1 aliphatic rings. The zero-order valence-corrected chi connectivity index (χ0v) is 17.6. The Hall–Kier alpha value is -2.96. The minimum Gasteiger partial charge on any atom is -0.352 e. The van der Waals surface area contributed by atoms with Gasteiger partial charge in [-0.25, -0.2) is 4.98 Å². The first kappa shape index (κ1) is 20.8. The van der Waals surface area contributed by atoms with Crippen molar-refractivity contribution in [1.82, 2.24) is 14.9 Å². The summed E-state index contributed by atoms with van der Waals surface area (Å²) in [4.78, 5) is 38.1. The lowest BCUT2D eigenvalue weighted by atomic mass is 10.1. The molecule has 0 spiro atoms. The molecular formula is C22H29N5O2. The maximum absolute atomic E-state index is 13.0. The average molecular weight is 396 g/mol. The number of carbonyl (C=O) groups excluding carboxylic acids is 2. The molecular weight excluding hydrogens is 366 g/mol. The second-order valence-corrected chi connectivity index (χ2v) is 7.58. The van der Waals surface area contributed by atoms with Gasteiger partial charge in [-0.15, -0.1) is 0 Å². The van der Waals surface area contributed by atoms with Gasteiger partial charge in [0, 0.05) is 49.5 Å². The Morgan fingerprint density at radius 3 is 2.59 bits per heavy atom. The highest BCUT2D eigenvalue weighted by molar-refractivity contribution is 5.97. The highest BCUT2D eigenvalue weighted by Crippen LogP contribution is 2.19. The molecule has 0 bridgehead atoms. The number of amides is 2. The third-order valence-electron chi connectivity index (χ3n) is 5.35. The molecule has 1 atom stereocenters. The third kappa shape index (κ3) is 4.91. The molecule has 0 aliphatic carbocycles. The van der Waals surface area contributed by atoms with E-state index in [0.29, 0.717) is 24.3 Å². The lowest BCUT2D eigenvalue weighted by Crippen LogP contribution is -2.49. The summed E-state index contributed by atoms with van der Waals surface area (Å²) in [6.45, 7) is 10.4. The van der Waals surface area contributed by atoms with Crippen LogP contribution >= 0.6 is 0 Å². The van der Waals surface area contributed by atoms with E-state index in [1.807, 2.05) is 38.7 Å². The van der Waals surface area contributed by atoms with Gasteiger partial charge in [0.1, 0.15) is 5.82 Å². The van der Waals surface area contributed by atoms with Crippen molar-refractivity contribution in [2.45, 2.75) is 34.1 Å². The first-order valence-corrected chi connectivity index (χ1v) is 10.1. The maximum Gasteiger partial charge on any atom is 0.254 e. The molecule has 1 aliphatic heterocycles. The van der Waals surface area contributed by atoms with E-state index >= 15 is 0 Å². The standard InChI is InChI=1S/C22H29N5O2/c1-5-15(2)21(28)25-19-8-6-7-18(13-19)22(29)27-11-9-26(10-12-27)20-17(4)23-14-16(3)24-20/h6-8,13-15H,5,9-12H2,1-4H3,(H,25,28). The topological polar surface area (TPSA) is 78.4 Å². The molecule has 1 unspecified atom stereocenters. The van der Waals surface area contributed by atoms with E-state index in [1.165, 1.54) is 0 Å². The number of piperazine rings is 1. The molecule has 29 heavy (non-hydrogen) atoms. The van der Waals surface area contributed by atoms with E-state index in [9.17, 15) is 9.59 Å². The summed E-state index contributed by atoms with van der Waals surface area (Å²) in [6.07, 6.45) is 2.55. The monoisotopic (exact) mass is 395 g/mol. The van der Waals surface area contributed by atoms with Crippen LogP contribution in [0.1, 0.15) is 42.0 Å². The van der Waals surface area contributed by atoms with Crippen LogP contribution in [0.5, 0.6) is 0 Å². The minimum absolute atomic E-state index is 0.0173. The zero-order valence-electron chi connectivity index (χ0n) is 17.6. The van der Waals surface area contributed by atoms with E-state index in [4.69, 9.17) is 0 Å². The van der Waals surface area contributed by atoms with Crippen LogP contribution in [0.4, 0.5) is 11.5 Å². The van der Waals surface area contributed by atoms with E-state index in [2.05, 4.69) is 20.2 Å². The highest BCUT2D eigenvalue weighted by Gasteiger charge is 2.24. The van der Waals surface area contributed by atoms with Crippen molar-refractivity contribution in [3.05, 3.63) is 47.4 Å². The van der Waals surface area contributed by atoms with Crippen molar-refractivity contribution in [1.29, 1.82) is 0 Å². The normalized spacial score (nSPS) is 15.2. The summed E-state index contributed by atoms with van der Waals surface area (Å²) >= 11 is 0. The Kier molecular flexibility index (Phi) is 6.46. The number of hydrogen-bond acceptors (Lipinski definition) is 5. The maximum atomic E-state index is 13.0. The van der Waals surface area contributed by atoms with E-state index in [0.717, 1.165) is 36.7 Å². The first-order chi connectivity index (χ1) is 13.9. The van der Waals surface area contributed by atoms with Gasteiger partial charge in [-0.2, -0.15) is 0 Å². The molecule has 1 aromatic carbocycles. The van der Waals surface area contributed by atoms with Crippen LogP contribution in [-0.2, 0) is 4.79 Å². The average Bonchev–Trinajstić information content (AvgIpc) is 2.74. The Morgan fingerprint density at radius 2 is 1.90 bits per heavy atom. The number of nitrogens with one attached hydrogen (secondary N) is 1. The van der Waals surface area contributed by atoms with Crippen LogP contribution in [0.3, 0.4) is 0 Å². The molecule has 1 aromatic heterocycles. The fraction of sp³-hybridized carbons (Fsp3) is 0.455. The molecule has 0 radical (unpaired) electrons. The fourth-order valence-corrected chi connectivity index (χ4v) is 3.31. The first-order valence-electron chi connectivity index (χ1n) is 10.1. The molecule has 7 nitrogen and oxygen atoms in total. The Bertz CT molecular complexity index is 891. The largest absolute Gasteiger partial charge is 0.352 e. The fourth-order valence-electron chi connectivity index (χ4n) is 3.31. The summed E-state index contributed by atoms with van der Waals surface area (Å²) < 4.78 is 0. The third-order valence-corrected chi connectivity index (χ3v) is 5.35. The number of aryl methyl sites for hydroxylation is 2. The number of rotatable bonds is 5. The quantitative estimate of drug-likeness (QED) is 0.842. The predicted molar refractivity (Wildman–Crippen MR) is 114 cm³/mol. The number of aromatic nitrogens is 2. The van der Waals surface area contributed by atoms with Crippen LogP contribution in [0.25, 0.3) is 0 Å². The predicted octanol–water partition coefficient (Wildman–Crippen LogP) is 3.04. The molecule has 1 N–H and O–H groups in total. The lowest BCUT2D eigenvalue weighted by molar-refractivity contribution is -0.119. The van der Waals surface area contributed by atoms with Gasteiger partial charge < -0.3 is 15.1 Å².